The zero-order chi connectivity index (χ0) is 11.4. The lowest BCUT2D eigenvalue weighted by Crippen LogP contribution is -2.39. The van der Waals surface area contributed by atoms with Crippen LogP contribution in [0.5, 0.6) is 0 Å². The molecule has 3 nitrogen and oxygen atoms in total. The maximum absolute atomic E-state index is 7.39. The molecule has 1 atom stereocenters. The third-order valence-electron chi connectivity index (χ3n) is 2.79. The van der Waals surface area contributed by atoms with E-state index in [1.807, 2.05) is 26.1 Å². The SMILES string of the molecule is Cc1ccccc1CN(C)C(C)C(=N)N. The molecule has 0 bridgehead atoms. The number of hydrogen-bond acceptors (Lipinski definition) is 2. The number of amidine groups is 1. The molecular formula is C12H19N3. The van der Waals surface area contributed by atoms with E-state index in [-0.39, 0.29) is 11.9 Å². The molecule has 0 heterocycles. The van der Waals surface area contributed by atoms with E-state index >= 15 is 0 Å². The minimum atomic E-state index is -0.00962. The molecule has 1 rings (SSSR count). The number of rotatable bonds is 4. The van der Waals surface area contributed by atoms with Gasteiger partial charge in [0.05, 0.1) is 6.04 Å². The van der Waals surface area contributed by atoms with Gasteiger partial charge in [-0.1, -0.05) is 24.3 Å². The van der Waals surface area contributed by atoms with E-state index in [1.165, 1.54) is 11.1 Å². The van der Waals surface area contributed by atoms with Crippen molar-refractivity contribution >= 4 is 5.84 Å². The van der Waals surface area contributed by atoms with Crippen LogP contribution in [0, 0.1) is 12.3 Å². The highest BCUT2D eigenvalue weighted by molar-refractivity contribution is 5.82. The molecule has 3 heteroatoms. The van der Waals surface area contributed by atoms with E-state index in [0.29, 0.717) is 0 Å². The zero-order valence-corrected chi connectivity index (χ0v) is 9.62. The second-order valence-electron chi connectivity index (χ2n) is 3.97. The Balaban J connectivity index is 2.70. The van der Waals surface area contributed by atoms with Gasteiger partial charge >= 0.3 is 0 Å². The maximum Gasteiger partial charge on any atom is 0.108 e. The van der Waals surface area contributed by atoms with Gasteiger partial charge in [0.25, 0.3) is 0 Å². The highest BCUT2D eigenvalue weighted by atomic mass is 15.1. The molecule has 0 fully saturated rings. The average molecular weight is 205 g/mol. The molecule has 1 unspecified atom stereocenters. The van der Waals surface area contributed by atoms with Crippen molar-refractivity contribution in [1.29, 1.82) is 5.41 Å². The van der Waals surface area contributed by atoms with Gasteiger partial charge < -0.3 is 5.73 Å². The van der Waals surface area contributed by atoms with Crippen LogP contribution in [-0.2, 0) is 6.54 Å². The van der Waals surface area contributed by atoms with Crippen molar-refractivity contribution in [2.45, 2.75) is 26.4 Å². The van der Waals surface area contributed by atoms with Crippen molar-refractivity contribution in [3.63, 3.8) is 0 Å². The van der Waals surface area contributed by atoms with Crippen molar-refractivity contribution < 1.29 is 0 Å². The smallest absolute Gasteiger partial charge is 0.108 e. The average Bonchev–Trinajstić information content (AvgIpc) is 2.20. The Morgan fingerprint density at radius 3 is 2.60 bits per heavy atom. The first kappa shape index (κ1) is 11.7. The summed E-state index contributed by atoms with van der Waals surface area (Å²) in [5.74, 6) is 0.214. The van der Waals surface area contributed by atoms with Gasteiger partial charge in [-0.3, -0.25) is 10.3 Å². The molecule has 0 amide bonds. The molecule has 0 aliphatic rings. The van der Waals surface area contributed by atoms with Gasteiger partial charge in [0.15, 0.2) is 0 Å². The van der Waals surface area contributed by atoms with Crippen LogP contribution in [0.25, 0.3) is 0 Å². The molecule has 0 saturated carbocycles. The highest BCUT2D eigenvalue weighted by Gasteiger charge is 2.12. The van der Waals surface area contributed by atoms with Crippen LogP contribution in [0.1, 0.15) is 18.1 Å². The predicted octanol–water partition coefficient (Wildman–Crippen LogP) is 1.75. The molecule has 0 aliphatic heterocycles. The standard InChI is InChI=1S/C12H19N3/c1-9-6-4-5-7-11(9)8-15(3)10(2)12(13)14/h4-7,10H,8H2,1-3H3,(H3,13,14). The summed E-state index contributed by atoms with van der Waals surface area (Å²) in [5.41, 5.74) is 8.03. The number of nitrogens with two attached hydrogens (primary N) is 1. The largest absolute Gasteiger partial charge is 0.386 e. The van der Waals surface area contributed by atoms with Gasteiger partial charge in [0, 0.05) is 6.54 Å². The first-order valence-electron chi connectivity index (χ1n) is 5.11. The van der Waals surface area contributed by atoms with E-state index in [0.717, 1.165) is 6.54 Å². The fourth-order valence-corrected chi connectivity index (χ4v) is 1.43. The summed E-state index contributed by atoms with van der Waals surface area (Å²) in [4.78, 5) is 2.07. The second kappa shape index (κ2) is 4.94. The Kier molecular flexibility index (Phi) is 3.86. The van der Waals surface area contributed by atoms with E-state index in [1.54, 1.807) is 0 Å². The molecule has 82 valence electrons. The lowest BCUT2D eigenvalue weighted by molar-refractivity contribution is 0.301. The summed E-state index contributed by atoms with van der Waals surface area (Å²) in [6.07, 6.45) is 0. The molecule has 1 aromatic carbocycles. The summed E-state index contributed by atoms with van der Waals surface area (Å²) in [6.45, 7) is 4.87. The molecule has 0 radical (unpaired) electrons. The molecule has 3 N–H and O–H groups in total. The zero-order valence-electron chi connectivity index (χ0n) is 9.62. The fraction of sp³-hybridized carbons (Fsp3) is 0.417. The Morgan fingerprint density at radius 1 is 1.47 bits per heavy atom. The summed E-state index contributed by atoms with van der Waals surface area (Å²) in [6, 6.07) is 8.27. The van der Waals surface area contributed by atoms with Gasteiger partial charge in [-0.2, -0.15) is 0 Å². The third-order valence-corrected chi connectivity index (χ3v) is 2.79. The number of nitrogens with one attached hydrogen (secondary N) is 1. The molecule has 1 aromatic rings. The van der Waals surface area contributed by atoms with Gasteiger partial charge in [0.1, 0.15) is 5.84 Å². The predicted molar refractivity (Wildman–Crippen MR) is 64.0 cm³/mol. The Hall–Kier alpha value is -1.35. The minimum Gasteiger partial charge on any atom is -0.386 e. The van der Waals surface area contributed by atoms with Crippen LogP contribution in [-0.4, -0.2) is 23.8 Å². The van der Waals surface area contributed by atoms with Crippen molar-refractivity contribution in [2.24, 2.45) is 5.73 Å². The number of aryl methyl sites for hydroxylation is 1. The fourth-order valence-electron chi connectivity index (χ4n) is 1.43. The molecule has 0 aromatic heterocycles. The van der Waals surface area contributed by atoms with Gasteiger partial charge in [-0.15, -0.1) is 0 Å². The summed E-state index contributed by atoms with van der Waals surface area (Å²) in [5, 5.41) is 7.39. The monoisotopic (exact) mass is 205 g/mol. The number of benzene rings is 1. The number of nitrogens with zero attached hydrogens (tertiary/aromatic N) is 1. The van der Waals surface area contributed by atoms with Crippen LogP contribution in [0.2, 0.25) is 0 Å². The van der Waals surface area contributed by atoms with Crippen molar-refractivity contribution in [3.8, 4) is 0 Å². The summed E-state index contributed by atoms with van der Waals surface area (Å²) in [7, 11) is 1.98. The Bertz CT molecular complexity index is 346. The molecule has 15 heavy (non-hydrogen) atoms. The van der Waals surface area contributed by atoms with Crippen LogP contribution in [0.3, 0.4) is 0 Å². The second-order valence-corrected chi connectivity index (χ2v) is 3.97. The van der Waals surface area contributed by atoms with E-state index < -0.39 is 0 Å². The van der Waals surface area contributed by atoms with Gasteiger partial charge in [-0.05, 0) is 32.0 Å². The Morgan fingerprint density at radius 2 is 2.07 bits per heavy atom. The molecule has 0 aliphatic carbocycles. The lowest BCUT2D eigenvalue weighted by Gasteiger charge is -2.24. The minimum absolute atomic E-state index is 0.00962. The van der Waals surface area contributed by atoms with Crippen LogP contribution < -0.4 is 5.73 Å². The number of hydrogen-bond donors (Lipinski definition) is 2. The van der Waals surface area contributed by atoms with Crippen molar-refractivity contribution in [3.05, 3.63) is 35.4 Å². The van der Waals surface area contributed by atoms with E-state index in [2.05, 4.69) is 24.0 Å². The lowest BCUT2D eigenvalue weighted by atomic mass is 10.1. The quantitative estimate of drug-likeness (QED) is 0.581. The van der Waals surface area contributed by atoms with Crippen LogP contribution in [0.4, 0.5) is 0 Å². The number of likely N-dealkylation sites (N-methyl/N-ethyl adjacent to an activating group) is 1. The van der Waals surface area contributed by atoms with Crippen molar-refractivity contribution in [2.75, 3.05) is 7.05 Å². The first-order chi connectivity index (χ1) is 7.02. The highest BCUT2D eigenvalue weighted by Crippen LogP contribution is 2.10. The maximum atomic E-state index is 7.39. The normalized spacial score (nSPS) is 12.8. The topological polar surface area (TPSA) is 53.1 Å². The van der Waals surface area contributed by atoms with E-state index in [4.69, 9.17) is 11.1 Å². The third kappa shape index (κ3) is 3.06. The molecule has 0 saturated heterocycles. The molecular weight excluding hydrogens is 186 g/mol. The molecule has 0 spiro atoms. The van der Waals surface area contributed by atoms with Gasteiger partial charge in [0.2, 0.25) is 0 Å². The van der Waals surface area contributed by atoms with Gasteiger partial charge in [-0.25, -0.2) is 0 Å². The van der Waals surface area contributed by atoms with Crippen molar-refractivity contribution in [1.82, 2.24) is 4.90 Å². The van der Waals surface area contributed by atoms with Crippen LogP contribution in [0.15, 0.2) is 24.3 Å². The summed E-state index contributed by atoms with van der Waals surface area (Å²) >= 11 is 0. The Labute approximate surface area is 91.4 Å². The van der Waals surface area contributed by atoms with E-state index in [9.17, 15) is 0 Å². The summed E-state index contributed by atoms with van der Waals surface area (Å²) < 4.78 is 0. The van der Waals surface area contributed by atoms with Crippen LogP contribution >= 0.6 is 0 Å². The first-order valence-corrected chi connectivity index (χ1v) is 5.11.